The zero-order valence-electron chi connectivity index (χ0n) is 8.98. The standard InChI is InChI=1S/C12H9BrClNO2/c1-16-10-6-2-5-9(14)11(10)17-12-8(13)4-3-7-15-12/h2-7H,1H3. The predicted octanol–water partition coefficient (Wildman–Crippen LogP) is 4.30. The molecule has 0 amide bonds. The summed E-state index contributed by atoms with van der Waals surface area (Å²) in [4.78, 5) is 4.11. The minimum absolute atomic E-state index is 0.443. The fraction of sp³-hybridized carbons (Fsp3) is 0.0833. The molecule has 88 valence electrons. The lowest BCUT2D eigenvalue weighted by Gasteiger charge is -2.11. The summed E-state index contributed by atoms with van der Waals surface area (Å²) in [6.45, 7) is 0. The van der Waals surface area contributed by atoms with E-state index in [0.717, 1.165) is 4.47 Å². The molecular formula is C12H9BrClNO2. The van der Waals surface area contributed by atoms with Crippen LogP contribution in [0.2, 0.25) is 5.02 Å². The number of hydrogen-bond donors (Lipinski definition) is 0. The Bertz CT molecular complexity index is 534. The van der Waals surface area contributed by atoms with Gasteiger partial charge < -0.3 is 9.47 Å². The molecular weight excluding hydrogens is 305 g/mol. The second-order valence-corrected chi connectivity index (χ2v) is 4.43. The molecule has 0 aliphatic heterocycles. The van der Waals surface area contributed by atoms with Gasteiger partial charge in [0.15, 0.2) is 11.5 Å². The number of pyridine rings is 1. The van der Waals surface area contributed by atoms with E-state index in [2.05, 4.69) is 20.9 Å². The van der Waals surface area contributed by atoms with Crippen LogP contribution in [0.5, 0.6) is 17.4 Å². The van der Waals surface area contributed by atoms with Gasteiger partial charge in [0.05, 0.1) is 16.6 Å². The average molecular weight is 315 g/mol. The number of benzene rings is 1. The van der Waals surface area contributed by atoms with Crippen LogP contribution in [0.4, 0.5) is 0 Å². The van der Waals surface area contributed by atoms with Crippen LogP contribution in [0, 0.1) is 0 Å². The normalized spacial score (nSPS) is 10.1. The van der Waals surface area contributed by atoms with E-state index < -0.39 is 0 Å². The maximum absolute atomic E-state index is 6.06. The van der Waals surface area contributed by atoms with Crippen molar-refractivity contribution in [1.82, 2.24) is 4.98 Å². The molecule has 2 rings (SSSR count). The number of nitrogens with zero attached hydrogens (tertiary/aromatic N) is 1. The Morgan fingerprint density at radius 1 is 1.24 bits per heavy atom. The molecule has 17 heavy (non-hydrogen) atoms. The molecule has 0 aliphatic rings. The van der Waals surface area contributed by atoms with E-state index in [9.17, 15) is 0 Å². The van der Waals surface area contributed by atoms with Gasteiger partial charge in [-0.2, -0.15) is 0 Å². The van der Waals surface area contributed by atoms with Crippen molar-refractivity contribution in [2.24, 2.45) is 0 Å². The Morgan fingerprint density at radius 2 is 2.06 bits per heavy atom. The first-order valence-electron chi connectivity index (χ1n) is 4.83. The molecule has 3 nitrogen and oxygen atoms in total. The molecule has 0 aliphatic carbocycles. The fourth-order valence-corrected chi connectivity index (χ4v) is 1.83. The molecule has 1 aromatic heterocycles. The zero-order chi connectivity index (χ0) is 12.3. The Labute approximate surface area is 112 Å². The van der Waals surface area contributed by atoms with Crippen LogP contribution >= 0.6 is 27.5 Å². The molecule has 1 heterocycles. The maximum Gasteiger partial charge on any atom is 0.233 e. The van der Waals surface area contributed by atoms with E-state index in [1.54, 1.807) is 37.6 Å². The van der Waals surface area contributed by atoms with Gasteiger partial charge in [-0.1, -0.05) is 17.7 Å². The topological polar surface area (TPSA) is 31.4 Å². The highest BCUT2D eigenvalue weighted by Gasteiger charge is 2.12. The first-order chi connectivity index (χ1) is 8.22. The van der Waals surface area contributed by atoms with Crippen molar-refractivity contribution in [3.63, 3.8) is 0 Å². The van der Waals surface area contributed by atoms with Gasteiger partial charge >= 0.3 is 0 Å². The van der Waals surface area contributed by atoms with Gasteiger partial charge in [0.2, 0.25) is 5.88 Å². The van der Waals surface area contributed by atoms with Crippen molar-refractivity contribution >= 4 is 27.5 Å². The number of halogens is 2. The molecule has 0 saturated carbocycles. The smallest absolute Gasteiger partial charge is 0.233 e. The second kappa shape index (κ2) is 5.38. The monoisotopic (exact) mass is 313 g/mol. The van der Waals surface area contributed by atoms with Gasteiger partial charge in [0.25, 0.3) is 0 Å². The van der Waals surface area contributed by atoms with Crippen LogP contribution in [0.1, 0.15) is 0 Å². The van der Waals surface area contributed by atoms with Crippen LogP contribution < -0.4 is 9.47 Å². The van der Waals surface area contributed by atoms with Crippen molar-refractivity contribution < 1.29 is 9.47 Å². The number of aromatic nitrogens is 1. The predicted molar refractivity (Wildman–Crippen MR) is 70.0 cm³/mol. The van der Waals surface area contributed by atoms with Gasteiger partial charge in [-0.25, -0.2) is 4.98 Å². The Balaban J connectivity index is 2.39. The SMILES string of the molecule is COc1cccc(Cl)c1Oc1ncccc1Br. The quantitative estimate of drug-likeness (QED) is 0.846. The van der Waals surface area contributed by atoms with Crippen LogP contribution in [-0.2, 0) is 0 Å². The molecule has 0 unspecified atom stereocenters. The van der Waals surface area contributed by atoms with Crippen LogP contribution in [0.15, 0.2) is 41.0 Å². The molecule has 0 atom stereocenters. The highest BCUT2D eigenvalue weighted by atomic mass is 79.9. The lowest BCUT2D eigenvalue weighted by atomic mass is 10.3. The summed E-state index contributed by atoms with van der Waals surface area (Å²) in [6.07, 6.45) is 1.64. The summed E-state index contributed by atoms with van der Waals surface area (Å²) in [5.74, 6) is 1.46. The van der Waals surface area contributed by atoms with Gasteiger partial charge in [-0.15, -0.1) is 0 Å². The third kappa shape index (κ3) is 2.70. The van der Waals surface area contributed by atoms with Crippen molar-refractivity contribution in [3.8, 4) is 17.4 Å². The lowest BCUT2D eigenvalue weighted by molar-refractivity contribution is 0.373. The van der Waals surface area contributed by atoms with Crippen molar-refractivity contribution in [2.75, 3.05) is 7.11 Å². The molecule has 0 radical (unpaired) electrons. The van der Waals surface area contributed by atoms with Crippen molar-refractivity contribution in [2.45, 2.75) is 0 Å². The van der Waals surface area contributed by atoms with Crippen LogP contribution in [-0.4, -0.2) is 12.1 Å². The second-order valence-electron chi connectivity index (χ2n) is 3.16. The molecule has 5 heteroatoms. The van der Waals surface area contributed by atoms with Crippen LogP contribution in [0.3, 0.4) is 0 Å². The number of methoxy groups -OCH3 is 1. The number of hydrogen-bond acceptors (Lipinski definition) is 3. The Hall–Kier alpha value is -1.26. The number of ether oxygens (including phenoxy) is 2. The molecule has 0 N–H and O–H groups in total. The lowest BCUT2D eigenvalue weighted by Crippen LogP contribution is -1.93. The molecule has 1 aromatic carbocycles. The molecule has 2 aromatic rings. The van der Waals surface area contributed by atoms with E-state index in [0.29, 0.717) is 22.4 Å². The molecule has 0 saturated heterocycles. The maximum atomic E-state index is 6.06. The van der Waals surface area contributed by atoms with Crippen molar-refractivity contribution in [1.29, 1.82) is 0 Å². The van der Waals surface area contributed by atoms with Gasteiger partial charge in [0, 0.05) is 6.20 Å². The number of rotatable bonds is 3. The summed E-state index contributed by atoms with van der Waals surface area (Å²) in [6, 6.07) is 8.95. The van der Waals surface area contributed by atoms with Gasteiger partial charge in [-0.05, 0) is 40.2 Å². The summed E-state index contributed by atoms with van der Waals surface area (Å²) in [7, 11) is 1.56. The first-order valence-corrected chi connectivity index (χ1v) is 6.00. The summed E-state index contributed by atoms with van der Waals surface area (Å²) < 4.78 is 11.6. The zero-order valence-corrected chi connectivity index (χ0v) is 11.3. The highest BCUT2D eigenvalue weighted by Crippen LogP contribution is 2.38. The van der Waals surface area contributed by atoms with E-state index >= 15 is 0 Å². The molecule has 0 fully saturated rings. The Morgan fingerprint density at radius 3 is 2.76 bits per heavy atom. The Kier molecular flexibility index (Phi) is 3.86. The third-order valence-electron chi connectivity index (χ3n) is 2.07. The van der Waals surface area contributed by atoms with Gasteiger partial charge in [0.1, 0.15) is 0 Å². The summed E-state index contributed by atoms with van der Waals surface area (Å²) in [5, 5.41) is 0.474. The van der Waals surface area contributed by atoms with E-state index in [1.807, 2.05) is 6.07 Å². The largest absolute Gasteiger partial charge is 0.493 e. The van der Waals surface area contributed by atoms with E-state index in [-0.39, 0.29) is 0 Å². The minimum Gasteiger partial charge on any atom is -0.493 e. The van der Waals surface area contributed by atoms with Crippen LogP contribution in [0.25, 0.3) is 0 Å². The summed E-state index contributed by atoms with van der Waals surface area (Å²) in [5.41, 5.74) is 0. The fourth-order valence-electron chi connectivity index (χ4n) is 1.29. The average Bonchev–Trinajstić information content (AvgIpc) is 2.34. The van der Waals surface area contributed by atoms with Crippen molar-refractivity contribution in [3.05, 3.63) is 46.0 Å². The highest BCUT2D eigenvalue weighted by molar-refractivity contribution is 9.10. The van der Waals surface area contributed by atoms with Gasteiger partial charge in [-0.3, -0.25) is 0 Å². The third-order valence-corrected chi connectivity index (χ3v) is 2.98. The minimum atomic E-state index is 0.443. The van der Waals surface area contributed by atoms with E-state index in [1.165, 1.54) is 0 Å². The first kappa shape index (κ1) is 12.2. The van der Waals surface area contributed by atoms with E-state index in [4.69, 9.17) is 21.1 Å². The molecule has 0 spiro atoms. The number of para-hydroxylation sites is 1. The summed E-state index contributed by atoms with van der Waals surface area (Å²) >= 11 is 9.42. The molecule has 0 bridgehead atoms.